The van der Waals surface area contributed by atoms with Crippen LogP contribution in [0.3, 0.4) is 0 Å². The minimum absolute atomic E-state index is 0.0592. The zero-order chi connectivity index (χ0) is 21.8. The lowest BCUT2D eigenvalue weighted by Crippen LogP contribution is -2.00. The van der Waals surface area contributed by atoms with Gasteiger partial charge in [-0.05, 0) is 48.5 Å². The van der Waals surface area contributed by atoms with E-state index in [-0.39, 0.29) is 21.2 Å². The number of nitrogens with zero attached hydrogens (tertiary/aromatic N) is 2. The van der Waals surface area contributed by atoms with Crippen LogP contribution in [-0.4, -0.2) is 31.1 Å². The Morgan fingerprint density at radius 2 is 0.900 bits per heavy atom. The Hall–Kier alpha value is -3.24. The van der Waals surface area contributed by atoms with Gasteiger partial charge in [0.15, 0.2) is 0 Å². The van der Waals surface area contributed by atoms with E-state index in [2.05, 4.69) is 9.44 Å². The summed E-state index contributed by atoms with van der Waals surface area (Å²) in [5, 5.41) is 0. The minimum Gasteiger partial charge on any atom is -0.574 e. The van der Waals surface area contributed by atoms with Crippen molar-refractivity contribution in [2.75, 3.05) is 14.2 Å². The van der Waals surface area contributed by atoms with Gasteiger partial charge < -0.3 is 18.9 Å². The van der Waals surface area contributed by atoms with Gasteiger partial charge in [-0.25, -0.2) is 16.8 Å². The van der Waals surface area contributed by atoms with Gasteiger partial charge >= 0.3 is 0 Å². The molecule has 8 nitrogen and oxygen atoms in total. The molecule has 10 heteroatoms. The lowest BCUT2D eigenvalue weighted by atomic mass is 10.3. The minimum atomic E-state index is -4.09. The summed E-state index contributed by atoms with van der Waals surface area (Å²) in [7, 11) is -5.25. The van der Waals surface area contributed by atoms with Crippen LogP contribution in [0.5, 0.6) is 11.5 Å². The first-order valence-corrected chi connectivity index (χ1v) is 11.5. The zero-order valence-electron chi connectivity index (χ0n) is 16.1. The molecule has 0 unspecified atom stereocenters. The highest BCUT2D eigenvalue weighted by Crippen LogP contribution is 2.41. The Labute approximate surface area is 175 Å². The molecule has 0 atom stereocenters. The Morgan fingerprint density at radius 3 is 1.20 bits per heavy atom. The van der Waals surface area contributed by atoms with Gasteiger partial charge in [0.25, 0.3) is 0 Å². The van der Waals surface area contributed by atoms with E-state index in [0.717, 1.165) is 0 Å². The van der Waals surface area contributed by atoms with E-state index in [1.54, 1.807) is 12.1 Å². The van der Waals surface area contributed by atoms with Crippen molar-refractivity contribution < 1.29 is 26.3 Å². The number of methoxy groups -OCH3 is 2. The number of benzene rings is 3. The lowest BCUT2D eigenvalue weighted by Gasteiger charge is -2.32. The van der Waals surface area contributed by atoms with Crippen LogP contribution in [0, 0.1) is 0 Å². The number of rotatable bonds is 8. The van der Waals surface area contributed by atoms with Gasteiger partial charge in [0.1, 0.15) is 31.5 Å². The third-order valence-electron chi connectivity index (χ3n) is 4.03. The van der Waals surface area contributed by atoms with Crippen molar-refractivity contribution in [2.24, 2.45) is 0 Å². The molecule has 0 heterocycles. The molecule has 0 aromatic heterocycles. The molecule has 0 aliphatic rings. The maximum absolute atomic E-state index is 12.6. The van der Waals surface area contributed by atoms with E-state index < -0.39 is 20.0 Å². The predicted molar refractivity (Wildman–Crippen MR) is 113 cm³/mol. The van der Waals surface area contributed by atoms with Crippen molar-refractivity contribution in [3.05, 3.63) is 82.2 Å². The van der Waals surface area contributed by atoms with Gasteiger partial charge in [0.2, 0.25) is 0 Å². The average Bonchev–Trinajstić information content (AvgIpc) is 2.75. The van der Waals surface area contributed by atoms with Gasteiger partial charge in [0.05, 0.1) is 24.0 Å². The lowest BCUT2D eigenvalue weighted by molar-refractivity contribution is 0.414. The van der Waals surface area contributed by atoms with E-state index in [9.17, 15) is 16.8 Å². The van der Waals surface area contributed by atoms with Crippen LogP contribution < -0.4 is 9.47 Å². The van der Waals surface area contributed by atoms with Crippen molar-refractivity contribution in [1.82, 2.24) is 0 Å². The summed E-state index contributed by atoms with van der Waals surface area (Å²) >= 11 is 0. The molecule has 0 amide bonds. The summed E-state index contributed by atoms with van der Waals surface area (Å²) in [5.41, 5.74) is -0.184. The monoisotopic (exact) mass is 446 g/mol. The van der Waals surface area contributed by atoms with E-state index in [4.69, 9.17) is 9.47 Å². The van der Waals surface area contributed by atoms with Crippen LogP contribution in [-0.2, 0) is 20.0 Å². The maximum atomic E-state index is 12.6. The van der Waals surface area contributed by atoms with Crippen LogP contribution in [0.4, 0.5) is 11.4 Å². The fourth-order valence-corrected chi connectivity index (χ4v) is 4.48. The molecule has 0 spiro atoms. The molecule has 158 valence electrons. The van der Waals surface area contributed by atoms with Gasteiger partial charge in [-0.3, -0.25) is 0 Å². The molecule has 0 saturated heterocycles. The highest BCUT2D eigenvalue weighted by Gasteiger charge is 2.08. The number of sulfonamides is 2. The third kappa shape index (κ3) is 4.84. The van der Waals surface area contributed by atoms with Crippen LogP contribution >= 0.6 is 0 Å². The first kappa shape index (κ1) is 21.5. The molecule has 0 saturated carbocycles. The summed E-state index contributed by atoms with van der Waals surface area (Å²) in [4.78, 5) is -0.118. The van der Waals surface area contributed by atoms with Crippen molar-refractivity contribution >= 4 is 31.4 Å². The largest absolute Gasteiger partial charge is 0.574 e. The maximum Gasteiger partial charge on any atom is 0.123 e. The van der Waals surface area contributed by atoms with Crippen LogP contribution in [0.25, 0.3) is 9.44 Å². The van der Waals surface area contributed by atoms with Crippen molar-refractivity contribution in [1.29, 1.82) is 0 Å². The van der Waals surface area contributed by atoms with Crippen molar-refractivity contribution in [2.45, 2.75) is 9.79 Å². The van der Waals surface area contributed by atoms with E-state index in [1.165, 1.54) is 74.9 Å². The molecule has 3 aromatic rings. The average molecular weight is 447 g/mol. The van der Waals surface area contributed by atoms with Crippen molar-refractivity contribution in [3.63, 3.8) is 0 Å². The second-order valence-electron chi connectivity index (χ2n) is 5.97. The Balaban J connectivity index is 1.88. The molecule has 0 bridgehead atoms. The molecule has 0 aliphatic carbocycles. The van der Waals surface area contributed by atoms with Gasteiger partial charge in [0, 0.05) is 0 Å². The SMILES string of the molecule is COc1ccc(S(=O)(=O)[N-]c2ccccc2[N-]S(=O)(=O)c2ccc(OC)cc2)cc1. The van der Waals surface area contributed by atoms with Gasteiger partial charge in [-0.15, -0.1) is 11.4 Å². The fraction of sp³-hybridized carbons (Fsp3) is 0.100. The highest BCUT2D eigenvalue weighted by atomic mass is 32.2. The molecular formula is C20H18N2O6S2-2. The van der Waals surface area contributed by atoms with Gasteiger partial charge in [-0.1, -0.05) is 24.3 Å². The number of hydrogen-bond donors (Lipinski definition) is 0. The number of hydrogen-bond acceptors (Lipinski definition) is 6. The number of ether oxygens (including phenoxy) is 2. The quantitative estimate of drug-likeness (QED) is 0.503. The third-order valence-corrected chi connectivity index (χ3v) is 6.64. The Morgan fingerprint density at radius 1 is 0.567 bits per heavy atom. The molecule has 3 aromatic carbocycles. The zero-order valence-corrected chi connectivity index (χ0v) is 17.7. The Bertz CT molecular complexity index is 1120. The van der Waals surface area contributed by atoms with Crippen LogP contribution in [0.15, 0.2) is 82.6 Å². The second-order valence-corrected chi connectivity index (χ2v) is 9.18. The van der Waals surface area contributed by atoms with Crippen molar-refractivity contribution in [3.8, 4) is 11.5 Å². The smallest absolute Gasteiger partial charge is 0.123 e. The molecule has 0 radical (unpaired) electrons. The molecule has 0 N–H and O–H groups in total. The first-order chi connectivity index (χ1) is 14.2. The van der Waals surface area contributed by atoms with E-state index in [0.29, 0.717) is 11.5 Å². The molecule has 3 rings (SSSR count). The first-order valence-electron chi connectivity index (χ1n) is 8.58. The predicted octanol–water partition coefficient (Wildman–Crippen LogP) is 4.49. The fourth-order valence-electron chi connectivity index (χ4n) is 2.48. The topological polar surface area (TPSA) is 115 Å². The van der Waals surface area contributed by atoms with Gasteiger partial charge in [-0.2, -0.15) is 0 Å². The molecule has 0 aliphatic heterocycles. The summed E-state index contributed by atoms with van der Waals surface area (Å²) in [6.45, 7) is 0. The second kappa shape index (κ2) is 8.64. The van der Waals surface area contributed by atoms with E-state index >= 15 is 0 Å². The molecule has 30 heavy (non-hydrogen) atoms. The summed E-state index contributed by atoms with van der Waals surface area (Å²) in [5.74, 6) is 0.991. The summed E-state index contributed by atoms with van der Waals surface area (Å²) in [6, 6.07) is 17.2. The van der Waals surface area contributed by atoms with Crippen LogP contribution in [0.2, 0.25) is 0 Å². The molecule has 0 fully saturated rings. The van der Waals surface area contributed by atoms with E-state index in [1.807, 2.05) is 0 Å². The summed E-state index contributed by atoms with van der Waals surface area (Å²) in [6.07, 6.45) is 0. The van der Waals surface area contributed by atoms with Crippen LogP contribution in [0.1, 0.15) is 0 Å². The standard InChI is InChI=1S/C20H18N2O6S2/c1-27-15-7-11-17(12-8-15)29(23,24)21-19-5-3-4-6-20(19)22-30(25,26)18-13-9-16(28-2)10-14-18/h3-14H,1-2H3/q-2. The highest BCUT2D eigenvalue weighted by molar-refractivity contribution is 7.95. The Kier molecular flexibility index (Phi) is 6.18. The normalized spacial score (nSPS) is 11.5. The summed E-state index contributed by atoms with van der Waals surface area (Å²) < 4.78 is 68.2. The molecular weight excluding hydrogens is 428 g/mol.